The highest BCUT2D eigenvalue weighted by Crippen LogP contribution is 2.15. The molecule has 178 valence electrons. The molecule has 3 rings (SSSR count). The fourth-order valence-corrected chi connectivity index (χ4v) is 3.46. The van der Waals surface area contributed by atoms with E-state index in [1.165, 1.54) is 34.9 Å². The normalized spacial score (nSPS) is 10.8. The third-order valence-electron chi connectivity index (χ3n) is 5.36. The molecule has 0 atom stereocenters. The molecule has 2 aromatic carbocycles. The number of rotatable bonds is 9. The molecule has 0 unspecified atom stereocenters. The molecule has 34 heavy (non-hydrogen) atoms. The Morgan fingerprint density at radius 2 is 1.71 bits per heavy atom. The first kappa shape index (κ1) is 24.4. The van der Waals surface area contributed by atoms with Gasteiger partial charge in [0.05, 0.1) is 13.0 Å². The predicted octanol–water partition coefficient (Wildman–Crippen LogP) is 1.86. The van der Waals surface area contributed by atoms with Crippen LogP contribution in [0, 0.1) is 5.82 Å². The standard InChI is InChI=1S/C24H26FN5O4/c1-2-3-12-29-21(26)20(28-19(31)13-15-8-10-16(11-9-15)22(27)32)23(33)30(24(29)34)14-17-6-4-5-7-18(17)25/h4-11H,2-3,12-14,26H2,1H3,(H2,27,32)(H,28,31). The fourth-order valence-electron chi connectivity index (χ4n) is 3.46. The van der Waals surface area contributed by atoms with Crippen molar-refractivity contribution in [2.24, 2.45) is 5.73 Å². The van der Waals surface area contributed by atoms with Gasteiger partial charge < -0.3 is 16.8 Å². The number of hydrogen-bond acceptors (Lipinski definition) is 5. The number of hydrogen-bond donors (Lipinski definition) is 3. The Balaban J connectivity index is 1.97. The molecule has 0 saturated heterocycles. The van der Waals surface area contributed by atoms with Gasteiger partial charge in [-0.25, -0.2) is 9.18 Å². The van der Waals surface area contributed by atoms with Crippen LogP contribution < -0.4 is 28.0 Å². The van der Waals surface area contributed by atoms with Crippen LogP contribution in [0.3, 0.4) is 0 Å². The number of primary amides is 1. The molecule has 0 bridgehead atoms. The zero-order valence-electron chi connectivity index (χ0n) is 18.7. The van der Waals surface area contributed by atoms with Crippen LogP contribution in [-0.4, -0.2) is 20.9 Å². The number of nitrogen functional groups attached to an aromatic ring is 1. The van der Waals surface area contributed by atoms with E-state index in [1.54, 1.807) is 18.2 Å². The van der Waals surface area contributed by atoms with Crippen LogP contribution in [0.5, 0.6) is 0 Å². The quantitative estimate of drug-likeness (QED) is 0.440. The average Bonchev–Trinajstić information content (AvgIpc) is 2.81. The van der Waals surface area contributed by atoms with Gasteiger partial charge >= 0.3 is 5.69 Å². The molecule has 0 radical (unpaired) electrons. The first-order chi connectivity index (χ1) is 16.2. The summed E-state index contributed by atoms with van der Waals surface area (Å²) in [6, 6.07) is 11.9. The van der Waals surface area contributed by atoms with Gasteiger partial charge in [-0.2, -0.15) is 0 Å². The number of benzene rings is 2. The van der Waals surface area contributed by atoms with Crippen molar-refractivity contribution in [3.05, 3.63) is 91.9 Å². The zero-order chi connectivity index (χ0) is 24.8. The van der Waals surface area contributed by atoms with Crippen LogP contribution in [0.1, 0.15) is 41.3 Å². The number of amides is 2. The van der Waals surface area contributed by atoms with Gasteiger partial charge in [-0.05, 0) is 30.2 Å². The predicted molar refractivity (Wildman–Crippen MR) is 127 cm³/mol. The smallest absolute Gasteiger partial charge is 0.332 e. The molecule has 0 aliphatic heterocycles. The minimum Gasteiger partial charge on any atom is -0.383 e. The average molecular weight is 468 g/mol. The second-order valence-corrected chi connectivity index (χ2v) is 7.82. The number of carbonyl (C=O) groups excluding carboxylic acids is 2. The second-order valence-electron chi connectivity index (χ2n) is 7.82. The number of nitrogens with one attached hydrogen (secondary N) is 1. The maximum absolute atomic E-state index is 14.2. The number of unbranched alkanes of at least 4 members (excludes halogenated alkanes) is 1. The number of nitrogens with zero attached hydrogens (tertiary/aromatic N) is 2. The summed E-state index contributed by atoms with van der Waals surface area (Å²) in [7, 11) is 0. The third-order valence-corrected chi connectivity index (χ3v) is 5.36. The van der Waals surface area contributed by atoms with Crippen molar-refractivity contribution in [3.63, 3.8) is 0 Å². The first-order valence-electron chi connectivity index (χ1n) is 10.8. The molecule has 0 aliphatic rings. The van der Waals surface area contributed by atoms with E-state index in [0.717, 1.165) is 11.0 Å². The van der Waals surface area contributed by atoms with E-state index in [-0.39, 0.29) is 36.6 Å². The summed E-state index contributed by atoms with van der Waals surface area (Å²) in [5.74, 6) is -1.86. The summed E-state index contributed by atoms with van der Waals surface area (Å²) in [4.78, 5) is 50.1. The molecule has 2 amide bonds. The van der Waals surface area contributed by atoms with Crippen molar-refractivity contribution in [3.8, 4) is 0 Å². The third kappa shape index (κ3) is 5.40. The number of anilines is 2. The SMILES string of the molecule is CCCCn1c(N)c(NC(=O)Cc2ccc(C(N)=O)cc2)c(=O)n(Cc2ccccc2F)c1=O. The molecule has 5 N–H and O–H groups in total. The number of aromatic nitrogens is 2. The van der Waals surface area contributed by atoms with E-state index < -0.39 is 28.9 Å². The lowest BCUT2D eigenvalue weighted by atomic mass is 10.1. The lowest BCUT2D eigenvalue weighted by molar-refractivity contribution is -0.115. The molecular formula is C24H26FN5O4. The Bertz CT molecular complexity index is 1330. The van der Waals surface area contributed by atoms with Gasteiger partial charge in [-0.15, -0.1) is 0 Å². The van der Waals surface area contributed by atoms with Crippen LogP contribution in [-0.2, 0) is 24.3 Å². The second kappa shape index (κ2) is 10.6. The molecule has 0 aliphatic carbocycles. The van der Waals surface area contributed by atoms with E-state index >= 15 is 0 Å². The van der Waals surface area contributed by atoms with E-state index in [2.05, 4.69) is 5.32 Å². The Hall–Kier alpha value is -4.21. The summed E-state index contributed by atoms with van der Waals surface area (Å²) in [6.45, 7) is 1.85. The van der Waals surface area contributed by atoms with Crippen LogP contribution in [0.2, 0.25) is 0 Å². The van der Waals surface area contributed by atoms with Crippen molar-refractivity contribution < 1.29 is 14.0 Å². The van der Waals surface area contributed by atoms with Crippen molar-refractivity contribution in [2.45, 2.75) is 39.3 Å². The van der Waals surface area contributed by atoms with Crippen LogP contribution in [0.4, 0.5) is 15.9 Å². The summed E-state index contributed by atoms with van der Waals surface area (Å²) >= 11 is 0. The monoisotopic (exact) mass is 467 g/mol. The van der Waals surface area contributed by atoms with Crippen molar-refractivity contribution >= 4 is 23.3 Å². The number of halogens is 1. The molecule has 0 saturated carbocycles. The minimum absolute atomic E-state index is 0.112. The zero-order valence-corrected chi connectivity index (χ0v) is 18.7. The van der Waals surface area contributed by atoms with E-state index in [0.29, 0.717) is 17.5 Å². The fraction of sp³-hybridized carbons (Fsp3) is 0.250. The molecule has 0 fully saturated rings. The minimum atomic E-state index is -0.823. The van der Waals surface area contributed by atoms with E-state index in [4.69, 9.17) is 11.5 Å². The van der Waals surface area contributed by atoms with Crippen molar-refractivity contribution in [2.75, 3.05) is 11.1 Å². The Kier molecular flexibility index (Phi) is 7.62. The highest BCUT2D eigenvalue weighted by atomic mass is 19.1. The highest BCUT2D eigenvalue weighted by molar-refractivity contribution is 5.95. The van der Waals surface area contributed by atoms with Gasteiger partial charge in [-0.1, -0.05) is 43.7 Å². The Labute approximate surface area is 194 Å². The van der Waals surface area contributed by atoms with Crippen molar-refractivity contribution in [1.29, 1.82) is 0 Å². The van der Waals surface area contributed by atoms with Gasteiger partial charge in [0.15, 0.2) is 0 Å². The van der Waals surface area contributed by atoms with E-state index in [9.17, 15) is 23.6 Å². The topological polar surface area (TPSA) is 142 Å². The highest BCUT2D eigenvalue weighted by Gasteiger charge is 2.20. The summed E-state index contributed by atoms with van der Waals surface area (Å²) in [6.07, 6.45) is 1.27. The molecule has 9 nitrogen and oxygen atoms in total. The largest absolute Gasteiger partial charge is 0.383 e. The summed E-state index contributed by atoms with van der Waals surface area (Å²) < 4.78 is 16.3. The molecular weight excluding hydrogens is 441 g/mol. The summed E-state index contributed by atoms with van der Waals surface area (Å²) in [5.41, 5.74) is 10.6. The number of carbonyl (C=O) groups is 2. The summed E-state index contributed by atoms with van der Waals surface area (Å²) in [5, 5.41) is 2.51. The van der Waals surface area contributed by atoms with E-state index in [1.807, 2.05) is 6.92 Å². The molecule has 1 heterocycles. The van der Waals surface area contributed by atoms with Gasteiger partial charge in [0.25, 0.3) is 5.56 Å². The molecule has 0 spiro atoms. The van der Waals surface area contributed by atoms with Gasteiger partial charge in [-0.3, -0.25) is 23.5 Å². The number of nitrogens with two attached hydrogens (primary N) is 2. The molecule has 1 aromatic heterocycles. The van der Waals surface area contributed by atoms with Crippen LogP contribution in [0.15, 0.2) is 58.1 Å². The van der Waals surface area contributed by atoms with Gasteiger partial charge in [0, 0.05) is 17.7 Å². The van der Waals surface area contributed by atoms with Crippen LogP contribution >= 0.6 is 0 Å². The molecule has 10 heteroatoms. The van der Waals surface area contributed by atoms with Crippen molar-refractivity contribution in [1.82, 2.24) is 9.13 Å². The Morgan fingerprint density at radius 3 is 2.32 bits per heavy atom. The maximum atomic E-state index is 14.2. The Morgan fingerprint density at radius 1 is 1.03 bits per heavy atom. The van der Waals surface area contributed by atoms with Crippen LogP contribution in [0.25, 0.3) is 0 Å². The molecule has 3 aromatic rings. The van der Waals surface area contributed by atoms with Gasteiger partial charge in [0.1, 0.15) is 17.3 Å². The first-order valence-corrected chi connectivity index (χ1v) is 10.8. The van der Waals surface area contributed by atoms with Gasteiger partial charge in [0.2, 0.25) is 11.8 Å². The lowest BCUT2D eigenvalue weighted by Crippen LogP contribution is -2.43. The lowest BCUT2D eigenvalue weighted by Gasteiger charge is -2.17. The maximum Gasteiger partial charge on any atom is 0.332 e.